The van der Waals surface area contributed by atoms with Gasteiger partial charge in [0.15, 0.2) is 0 Å². The van der Waals surface area contributed by atoms with E-state index in [0.717, 1.165) is 5.70 Å². The average Bonchev–Trinajstić information content (AvgIpc) is 2.06. The van der Waals surface area contributed by atoms with Crippen molar-refractivity contribution >= 4 is 0 Å². The van der Waals surface area contributed by atoms with Gasteiger partial charge in [-0.15, -0.1) is 0 Å². The lowest BCUT2D eigenvalue weighted by Crippen LogP contribution is -2.17. The molecule has 0 spiro atoms. The third-order valence-electron chi connectivity index (χ3n) is 2.46. The van der Waals surface area contributed by atoms with E-state index in [1.54, 1.807) is 0 Å². The van der Waals surface area contributed by atoms with E-state index in [9.17, 15) is 0 Å². The second-order valence-corrected chi connectivity index (χ2v) is 3.21. The molecule has 1 nitrogen and oxygen atoms in total. The maximum Gasteiger partial charge on any atom is 0.0232 e. The van der Waals surface area contributed by atoms with Gasteiger partial charge >= 0.3 is 0 Å². The van der Waals surface area contributed by atoms with E-state index < -0.39 is 0 Å². The molecule has 0 amide bonds. The predicted molar refractivity (Wildman–Crippen MR) is 46.8 cm³/mol. The molecule has 1 atom stereocenters. The molecule has 2 aliphatic rings. The standard InChI is InChI=1S/C10H13N/c11-10-7-3-5-8-4-1-2-6-9(8)10/h3-5,7,9H,1-2,6,11H2. The first-order valence-corrected chi connectivity index (χ1v) is 4.22. The van der Waals surface area contributed by atoms with E-state index in [0.29, 0.717) is 5.92 Å². The summed E-state index contributed by atoms with van der Waals surface area (Å²) in [6, 6.07) is 0. The lowest BCUT2D eigenvalue weighted by atomic mass is 9.83. The summed E-state index contributed by atoms with van der Waals surface area (Å²) in [7, 11) is 0. The first-order chi connectivity index (χ1) is 5.38. The summed E-state index contributed by atoms with van der Waals surface area (Å²) in [6.07, 6.45) is 12.3. The number of hydrogen-bond donors (Lipinski definition) is 1. The molecule has 0 fully saturated rings. The highest BCUT2D eigenvalue weighted by atomic mass is 14.6. The second-order valence-electron chi connectivity index (χ2n) is 3.21. The third kappa shape index (κ3) is 1.11. The minimum absolute atomic E-state index is 0.536. The van der Waals surface area contributed by atoms with Crippen LogP contribution in [0.4, 0.5) is 0 Å². The van der Waals surface area contributed by atoms with Crippen LogP contribution in [0.5, 0.6) is 0 Å². The molecule has 58 valence electrons. The van der Waals surface area contributed by atoms with Crippen LogP contribution in [0.2, 0.25) is 0 Å². The second kappa shape index (κ2) is 2.57. The molecule has 0 saturated carbocycles. The summed E-state index contributed by atoms with van der Waals surface area (Å²) >= 11 is 0. The van der Waals surface area contributed by atoms with Crippen LogP contribution in [0, 0.1) is 5.92 Å². The van der Waals surface area contributed by atoms with Crippen LogP contribution in [0.3, 0.4) is 0 Å². The van der Waals surface area contributed by atoms with E-state index in [4.69, 9.17) is 5.73 Å². The number of fused-ring (bicyclic) bond motifs is 1. The zero-order valence-electron chi connectivity index (χ0n) is 6.59. The molecule has 0 aromatic rings. The Balaban J connectivity index is 2.32. The Kier molecular flexibility index (Phi) is 1.57. The van der Waals surface area contributed by atoms with E-state index in [1.807, 2.05) is 12.2 Å². The van der Waals surface area contributed by atoms with Gasteiger partial charge in [-0.1, -0.05) is 18.2 Å². The van der Waals surface area contributed by atoms with Gasteiger partial charge in [0.1, 0.15) is 0 Å². The molecule has 1 heteroatoms. The summed E-state index contributed by atoms with van der Waals surface area (Å²) in [5.74, 6) is 0.536. The van der Waals surface area contributed by atoms with Gasteiger partial charge in [-0.25, -0.2) is 0 Å². The predicted octanol–water partition coefficient (Wildman–Crippen LogP) is 2.13. The average molecular weight is 147 g/mol. The van der Waals surface area contributed by atoms with E-state index >= 15 is 0 Å². The summed E-state index contributed by atoms with van der Waals surface area (Å²) in [5.41, 5.74) is 8.33. The maximum absolute atomic E-state index is 5.86. The molecule has 0 aliphatic heterocycles. The highest BCUT2D eigenvalue weighted by Gasteiger charge is 2.19. The van der Waals surface area contributed by atoms with Crippen LogP contribution in [0.25, 0.3) is 0 Å². The van der Waals surface area contributed by atoms with Crippen molar-refractivity contribution in [2.45, 2.75) is 19.3 Å². The maximum atomic E-state index is 5.86. The van der Waals surface area contributed by atoms with Gasteiger partial charge in [-0.05, 0) is 30.9 Å². The van der Waals surface area contributed by atoms with Gasteiger partial charge in [0, 0.05) is 11.6 Å². The van der Waals surface area contributed by atoms with Crippen LogP contribution < -0.4 is 5.73 Å². The lowest BCUT2D eigenvalue weighted by molar-refractivity contribution is 0.576. The molecule has 0 heterocycles. The minimum Gasteiger partial charge on any atom is -0.402 e. The van der Waals surface area contributed by atoms with Gasteiger partial charge in [0.25, 0.3) is 0 Å². The molecule has 2 rings (SSSR count). The van der Waals surface area contributed by atoms with Crippen LogP contribution >= 0.6 is 0 Å². The van der Waals surface area contributed by atoms with E-state index in [-0.39, 0.29) is 0 Å². The molecule has 11 heavy (non-hydrogen) atoms. The zero-order valence-corrected chi connectivity index (χ0v) is 6.59. The van der Waals surface area contributed by atoms with Crippen molar-refractivity contribution in [2.24, 2.45) is 11.7 Å². The van der Waals surface area contributed by atoms with Crippen molar-refractivity contribution in [1.29, 1.82) is 0 Å². The Morgan fingerprint density at radius 2 is 2.36 bits per heavy atom. The molecule has 2 N–H and O–H groups in total. The van der Waals surface area contributed by atoms with Gasteiger partial charge in [0.05, 0.1) is 0 Å². The Hall–Kier alpha value is -0.980. The number of hydrogen-bond acceptors (Lipinski definition) is 1. The van der Waals surface area contributed by atoms with Crippen LogP contribution in [0.15, 0.2) is 35.6 Å². The third-order valence-corrected chi connectivity index (χ3v) is 2.46. The largest absolute Gasteiger partial charge is 0.402 e. The first kappa shape index (κ1) is 6.71. The van der Waals surface area contributed by atoms with Gasteiger partial charge in [-0.2, -0.15) is 0 Å². The first-order valence-electron chi connectivity index (χ1n) is 4.22. The van der Waals surface area contributed by atoms with E-state index in [1.165, 1.54) is 24.8 Å². The molecule has 0 aromatic carbocycles. The Morgan fingerprint density at radius 1 is 1.45 bits per heavy atom. The molecule has 2 aliphatic carbocycles. The summed E-state index contributed by atoms with van der Waals surface area (Å²) in [6.45, 7) is 0. The monoisotopic (exact) mass is 147 g/mol. The molecule has 0 radical (unpaired) electrons. The Bertz CT molecular complexity index is 246. The summed E-state index contributed by atoms with van der Waals surface area (Å²) < 4.78 is 0. The van der Waals surface area contributed by atoms with Crippen molar-refractivity contribution in [1.82, 2.24) is 0 Å². The number of allylic oxidation sites excluding steroid dienone is 5. The quantitative estimate of drug-likeness (QED) is 0.558. The van der Waals surface area contributed by atoms with Crippen LogP contribution in [-0.4, -0.2) is 0 Å². The van der Waals surface area contributed by atoms with Crippen molar-refractivity contribution in [3.8, 4) is 0 Å². The van der Waals surface area contributed by atoms with Gasteiger partial charge in [-0.3, -0.25) is 0 Å². The Morgan fingerprint density at radius 3 is 3.18 bits per heavy atom. The van der Waals surface area contributed by atoms with Crippen molar-refractivity contribution in [3.05, 3.63) is 35.6 Å². The Labute approximate surface area is 67.3 Å². The molecule has 1 unspecified atom stereocenters. The molecular formula is C10H13N. The fourth-order valence-corrected chi connectivity index (χ4v) is 1.83. The van der Waals surface area contributed by atoms with Crippen molar-refractivity contribution in [3.63, 3.8) is 0 Å². The molecule has 0 bridgehead atoms. The summed E-state index contributed by atoms with van der Waals surface area (Å²) in [5, 5.41) is 0. The highest BCUT2D eigenvalue weighted by molar-refractivity contribution is 5.37. The molecule has 0 saturated heterocycles. The zero-order chi connectivity index (χ0) is 7.68. The van der Waals surface area contributed by atoms with Crippen LogP contribution in [-0.2, 0) is 0 Å². The number of rotatable bonds is 0. The smallest absolute Gasteiger partial charge is 0.0232 e. The highest BCUT2D eigenvalue weighted by Crippen LogP contribution is 2.31. The molecular weight excluding hydrogens is 134 g/mol. The lowest BCUT2D eigenvalue weighted by Gasteiger charge is -2.24. The van der Waals surface area contributed by atoms with Crippen molar-refractivity contribution in [2.75, 3.05) is 0 Å². The van der Waals surface area contributed by atoms with Crippen LogP contribution in [0.1, 0.15) is 19.3 Å². The summed E-state index contributed by atoms with van der Waals surface area (Å²) in [4.78, 5) is 0. The number of nitrogens with two attached hydrogens (primary N) is 1. The topological polar surface area (TPSA) is 26.0 Å². The van der Waals surface area contributed by atoms with E-state index in [2.05, 4.69) is 12.2 Å². The van der Waals surface area contributed by atoms with Gasteiger partial charge < -0.3 is 5.73 Å². The minimum atomic E-state index is 0.536. The normalized spacial score (nSPS) is 28.9. The fourth-order valence-electron chi connectivity index (χ4n) is 1.83. The fraction of sp³-hybridized carbons (Fsp3) is 0.400. The van der Waals surface area contributed by atoms with Crippen molar-refractivity contribution < 1.29 is 0 Å². The SMILES string of the molecule is NC1=CC=CC2=CCCCC12. The molecule has 0 aromatic heterocycles. The van der Waals surface area contributed by atoms with Gasteiger partial charge in [0.2, 0.25) is 0 Å².